The molecule has 0 amide bonds. The van der Waals surface area contributed by atoms with Crippen molar-refractivity contribution < 1.29 is 19.4 Å². The van der Waals surface area contributed by atoms with E-state index in [1.165, 1.54) is 20.0 Å². The van der Waals surface area contributed by atoms with E-state index >= 15 is 0 Å². The van der Waals surface area contributed by atoms with Gasteiger partial charge in [-0.2, -0.15) is 0 Å². The first-order valence-corrected chi connectivity index (χ1v) is 7.13. The molecule has 0 aliphatic heterocycles. The first-order chi connectivity index (χ1) is 9.02. The zero-order valence-electron chi connectivity index (χ0n) is 12.3. The van der Waals surface area contributed by atoms with Gasteiger partial charge in [0.2, 0.25) is 0 Å². The lowest BCUT2D eigenvalue weighted by Crippen LogP contribution is -2.44. The molecule has 5 heteroatoms. The Kier molecular flexibility index (Phi) is 7.34. The van der Waals surface area contributed by atoms with Crippen molar-refractivity contribution in [1.29, 1.82) is 0 Å². The van der Waals surface area contributed by atoms with Crippen LogP contribution in [0.4, 0.5) is 0 Å². The van der Waals surface area contributed by atoms with Gasteiger partial charge in [0, 0.05) is 12.6 Å². The fraction of sp³-hybridized carbons (Fsp3) is 0.929. The minimum absolute atomic E-state index is 0.107. The third kappa shape index (κ3) is 6.36. The van der Waals surface area contributed by atoms with Crippen molar-refractivity contribution >= 4 is 5.97 Å². The molecule has 5 nitrogen and oxygen atoms in total. The maximum Gasteiger partial charge on any atom is 0.319 e. The number of nitrogens with zero attached hydrogens (tertiary/aromatic N) is 1. The second kappa shape index (κ2) is 8.51. The van der Waals surface area contributed by atoms with E-state index in [0.29, 0.717) is 19.2 Å². The summed E-state index contributed by atoms with van der Waals surface area (Å²) in [6, 6.07) is 0.382. The number of hydrogen-bond acceptors (Lipinski definition) is 5. The zero-order valence-corrected chi connectivity index (χ0v) is 12.3. The van der Waals surface area contributed by atoms with Gasteiger partial charge in [0.1, 0.15) is 0 Å². The summed E-state index contributed by atoms with van der Waals surface area (Å²) in [6.45, 7) is 4.90. The molecule has 0 spiro atoms. The van der Waals surface area contributed by atoms with Crippen LogP contribution in [0.1, 0.15) is 39.5 Å². The monoisotopic (exact) mass is 273 g/mol. The topological polar surface area (TPSA) is 59.0 Å². The van der Waals surface area contributed by atoms with Crippen LogP contribution in [-0.2, 0) is 14.3 Å². The smallest absolute Gasteiger partial charge is 0.319 e. The molecule has 19 heavy (non-hydrogen) atoms. The molecule has 1 N–H and O–H groups in total. The molecule has 1 rings (SSSR count). The maximum absolute atomic E-state index is 11.4. The van der Waals surface area contributed by atoms with Crippen molar-refractivity contribution in [1.82, 2.24) is 4.90 Å². The molecule has 1 atom stereocenters. The largest absolute Gasteiger partial charge is 0.468 e. The predicted octanol–water partition coefficient (Wildman–Crippen LogP) is 1.19. The first-order valence-electron chi connectivity index (χ1n) is 7.13. The van der Waals surface area contributed by atoms with Gasteiger partial charge in [0.05, 0.1) is 32.5 Å². The number of carbonyl (C=O) groups excluding carboxylic acids is 1. The molecule has 0 heterocycles. The van der Waals surface area contributed by atoms with Crippen LogP contribution in [0.25, 0.3) is 0 Å². The number of methoxy groups -OCH3 is 1. The third-order valence-corrected chi connectivity index (χ3v) is 3.47. The molecular formula is C14H27NO4. The number of esters is 1. The Bertz CT molecular complexity index is 264. The molecule has 1 saturated carbocycles. The van der Waals surface area contributed by atoms with Gasteiger partial charge >= 0.3 is 5.97 Å². The van der Waals surface area contributed by atoms with E-state index in [2.05, 4.69) is 0 Å². The molecule has 1 unspecified atom stereocenters. The zero-order chi connectivity index (χ0) is 14.3. The summed E-state index contributed by atoms with van der Waals surface area (Å²) in [5, 5.41) is 10.00. The van der Waals surface area contributed by atoms with Gasteiger partial charge in [-0.1, -0.05) is 12.8 Å². The van der Waals surface area contributed by atoms with E-state index < -0.39 is 6.10 Å². The van der Waals surface area contributed by atoms with Crippen molar-refractivity contribution in [3.05, 3.63) is 0 Å². The molecule has 0 aromatic rings. The summed E-state index contributed by atoms with van der Waals surface area (Å²) >= 11 is 0. The summed E-state index contributed by atoms with van der Waals surface area (Å²) in [5.41, 5.74) is 0. The number of carbonyl (C=O) groups is 1. The minimum atomic E-state index is -0.562. The average molecular weight is 273 g/mol. The Labute approximate surface area is 115 Å². The Hall–Kier alpha value is -0.650. The van der Waals surface area contributed by atoms with Crippen LogP contribution in [0.15, 0.2) is 0 Å². The van der Waals surface area contributed by atoms with Crippen molar-refractivity contribution in [3.63, 3.8) is 0 Å². The lowest BCUT2D eigenvalue weighted by molar-refractivity contribution is -0.143. The van der Waals surface area contributed by atoms with Crippen LogP contribution < -0.4 is 0 Å². The van der Waals surface area contributed by atoms with Gasteiger partial charge < -0.3 is 14.6 Å². The van der Waals surface area contributed by atoms with Crippen LogP contribution >= 0.6 is 0 Å². The predicted molar refractivity (Wildman–Crippen MR) is 72.9 cm³/mol. The highest BCUT2D eigenvalue weighted by Gasteiger charge is 2.26. The standard InChI is InChI=1S/C14H27NO4/c1-11(2)19-10-13(16)8-15(9-14(17)18-3)12-6-4-5-7-12/h11-13,16H,4-10H2,1-3H3. The molecular weight excluding hydrogens is 246 g/mol. The number of rotatable bonds is 8. The number of ether oxygens (including phenoxy) is 2. The van der Waals surface area contributed by atoms with E-state index in [1.54, 1.807) is 0 Å². The van der Waals surface area contributed by atoms with Gasteiger partial charge in [-0.15, -0.1) is 0 Å². The van der Waals surface area contributed by atoms with Crippen LogP contribution in [0.5, 0.6) is 0 Å². The van der Waals surface area contributed by atoms with E-state index in [-0.39, 0.29) is 18.6 Å². The Morgan fingerprint density at radius 2 is 2.00 bits per heavy atom. The quantitative estimate of drug-likeness (QED) is 0.673. The highest BCUT2D eigenvalue weighted by molar-refractivity contribution is 5.71. The lowest BCUT2D eigenvalue weighted by atomic mass is 10.2. The fourth-order valence-electron chi connectivity index (χ4n) is 2.47. The van der Waals surface area contributed by atoms with Crippen LogP contribution in [0.3, 0.4) is 0 Å². The van der Waals surface area contributed by atoms with Gasteiger partial charge in [0.25, 0.3) is 0 Å². The molecule has 0 aromatic heterocycles. The summed E-state index contributed by atoms with van der Waals surface area (Å²) in [7, 11) is 1.40. The van der Waals surface area contributed by atoms with Crippen molar-refractivity contribution in [2.45, 2.75) is 57.8 Å². The molecule has 1 aliphatic rings. The SMILES string of the molecule is COC(=O)CN(CC(O)COC(C)C)C1CCCC1. The lowest BCUT2D eigenvalue weighted by Gasteiger charge is -2.29. The van der Waals surface area contributed by atoms with E-state index in [1.807, 2.05) is 18.7 Å². The normalized spacial score (nSPS) is 18.2. The second-order valence-corrected chi connectivity index (χ2v) is 5.48. The van der Waals surface area contributed by atoms with Gasteiger partial charge in [-0.25, -0.2) is 0 Å². The minimum Gasteiger partial charge on any atom is -0.468 e. The number of aliphatic hydroxyl groups excluding tert-OH is 1. The first kappa shape index (κ1) is 16.4. The third-order valence-electron chi connectivity index (χ3n) is 3.47. The molecule has 0 saturated heterocycles. The molecule has 1 aliphatic carbocycles. The highest BCUT2D eigenvalue weighted by Crippen LogP contribution is 2.23. The van der Waals surface area contributed by atoms with Gasteiger partial charge in [0.15, 0.2) is 0 Å². The summed E-state index contributed by atoms with van der Waals surface area (Å²) in [6.07, 6.45) is 4.12. The maximum atomic E-state index is 11.4. The van der Waals surface area contributed by atoms with E-state index in [4.69, 9.17) is 9.47 Å². The van der Waals surface area contributed by atoms with Crippen LogP contribution in [0, 0.1) is 0 Å². The van der Waals surface area contributed by atoms with Crippen LogP contribution in [-0.4, -0.2) is 61.0 Å². The van der Waals surface area contributed by atoms with Crippen molar-refractivity contribution in [3.8, 4) is 0 Å². The summed E-state index contributed by atoms with van der Waals surface area (Å²) in [5.74, 6) is -0.246. The van der Waals surface area contributed by atoms with Crippen molar-refractivity contribution in [2.75, 3.05) is 26.8 Å². The van der Waals surface area contributed by atoms with E-state index in [0.717, 1.165) is 12.8 Å². The Balaban J connectivity index is 2.45. The number of hydrogen-bond donors (Lipinski definition) is 1. The highest BCUT2D eigenvalue weighted by atomic mass is 16.5. The second-order valence-electron chi connectivity index (χ2n) is 5.48. The summed E-state index contributed by atoms with van der Waals surface area (Å²) in [4.78, 5) is 13.5. The Morgan fingerprint density at radius 3 is 2.53 bits per heavy atom. The average Bonchev–Trinajstić information content (AvgIpc) is 2.89. The van der Waals surface area contributed by atoms with Gasteiger partial charge in [-0.3, -0.25) is 9.69 Å². The van der Waals surface area contributed by atoms with Crippen LogP contribution in [0.2, 0.25) is 0 Å². The van der Waals surface area contributed by atoms with Gasteiger partial charge in [-0.05, 0) is 26.7 Å². The Morgan fingerprint density at radius 1 is 1.37 bits per heavy atom. The summed E-state index contributed by atoms with van der Waals surface area (Å²) < 4.78 is 10.1. The van der Waals surface area contributed by atoms with Crippen molar-refractivity contribution in [2.24, 2.45) is 0 Å². The molecule has 0 radical (unpaired) electrons. The molecule has 1 fully saturated rings. The molecule has 0 aromatic carbocycles. The molecule has 0 bridgehead atoms. The number of aliphatic hydroxyl groups is 1. The molecule has 112 valence electrons. The van der Waals surface area contributed by atoms with E-state index in [9.17, 15) is 9.90 Å². The fourth-order valence-corrected chi connectivity index (χ4v) is 2.47.